The Morgan fingerprint density at radius 3 is 2.59 bits per heavy atom. The predicted octanol–water partition coefficient (Wildman–Crippen LogP) is 2.68. The van der Waals surface area contributed by atoms with Crippen molar-refractivity contribution in [1.29, 1.82) is 0 Å². The van der Waals surface area contributed by atoms with E-state index >= 15 is 0 Å². The van der Waals surface area contributed by atoms with E-state index in [4.69, 9.17) is 4.74 Å². The molecule has 0 spiro atoms. The van der Waals surface area contributed by atoms with Crippen molar-refractivity contribution >= 4 is 11.8 Å². The molecule has 1 saturated heterocycles. The summed E-state index contributed by atoms with van der Waals surface area (Å²) in [6.07, 6.45) is 3.98. The lowest BCUT2D eigenvalue weighted by Gasteiger charge is -2.42. The fourth-order valence-corrected chi connectivity index (χ4v) is 3.66. The molecule has 154 valence electrons. The number of nitrogens with zero attached hydrogens (tertiary/aromatic N) is 2. The Morgan fingerprint density at radius 2 is 1.97 bits per heavy atom. The van der Waals surface area contributed by atoms with Gasteiger partial charge in [-0.15, -0.1) is 0 Å². The highest BCUT2D eigenvalue weighted by Gasteiger charge is 2.45. The zero-order valence-corrected chi connectivity index (χ0v) is 17.4. The molecule has 2 amide bonds. The van der Waals surface area contributed by atoms with E-state index in [1.807, 2.05) is 63.4 Å². The van der Waals surface area contributed by atoms with Crippen LogP contribution in [0.15, 0.2) is 48.8 Å². The maximum Gasteiger partial charge on any atom is 0.254 e. The van der Waals surface area contributed by atoms with Gasteiger partial charge in [0.15, 0.2) is 5.60 Å². The first kappa shape index (κ1) is 21.0. The lowest BCUT2D eigenvalue weighted by atomic mass is 9.90. The number of benzene rings is 1. The highest BCUT2D eigenvalue weighted by Crippen LogP contribution is 2.26. The van der Waals surface area contributed by atoms with Crippen LogP contribution in [0.25, 0.3) is 11.1 Å². The zero-order valence-electron chi connectivity index (χ0n) is 17.4. The van der Waals surface area contributed by atoms with Gasteiger partial charge in [-0.25, -0.2) is 0 Å². The molecular formula is C23H29N3O3. The average Bonchev–Trinajstić information content (AvgIpc) is 2.74. The number of carbonyl (C=O) groups excluding carboxylic acids is 2. The van der Waals surface area contributed by atoms with Crippen LogP contribution in [0.4, 0.5) is 0 Å². The monoisotopic (exact) mass is 395 g/mol. The molecule has 1 N–H and O–H groups in total. The first-order chi connectivity index (χ1) is 13.9. The summed E-state index contributed by atoms with van der Waals surface area (Å²) in [4.78, 5) is 31.4. The first-order valence-electron chi connectivity index (χ1n) is 10.2. The molecule has 1 unspecified atom stereocenters. The van der Waals surface area contributed by atoms with Gasteiger partial charge in [0.1, 0.15) is 0 Å². The van der Waals surface area contributed by atoms with Gasteiger partial charge in [-0.3, -0.25) is 14.6 Å². The number of nitrogens with one attached hydrogen (secondary N) is 1. The largest absolute Gasteiger partial charge is 0.361 e. The summed E-state index contributed by atoms with van der Waals surface area (Å²) < 4.78 is 6.04. The minimum Gasteiger partial charge on any atom is -0.361 e. The molecule has 3 rings (SSSR count). The number of morpholine rings is 1. The Kier molecular flexibility index (Phi) is 6.64. The number of ether oxygens (including phenoxy) is 1. The third-order valence-corrected chi connectivity index (χ3v) is 5.18. The highest BCUT2D eigenvalue weighted by molar-refractivity contribution is 5.87. The molecule has 29 heavy (non-hydrogen) atoms. The average molecular weight is 396 g/mol. The summed E-state index contributed by atoms with van der Waals surface area (Å²) >= 11 is 0. The van der Waals surface area contributed by atoms with Crippen LogP contribution < -0.4 is 5.32 Å². The summed E-state index contributed by atoms with van der Waals surface area (Å²) in [6, 6.07) is 12.0. The van der Waals surface area contributed by atoms with Crippen LogP contribution in [-0.2, 0) is 20.7 Å². The molecule has 6 heteroatoms. The highest BCUT2D eigenvalue weighted by atomic mass is 16.5. The molecule has 0 aliphatic carbocycles. The van der Waals surface area contributed by atoms with Crippen LogP contribution in [0.2, 0.25) is 0 Å². The van der Waals surface area contributed by atoms with Crippen LogP contribution >= 0.6 is 0 Å². The minimum atomic E-state index is -1.07. The van der Waals surface area contributed by atoms with E-state index in [2.05, 4.69) is 10.3 Å². The Labute approximate surface area is 172 Å². The summed E-state index contributed by atoms with van der Waals surface area (Å²) in [5.74, 6) is -0.231. The summed E-state index contributed by atoms with van der Waals surface area (Å²) in [5.41, 5.74) is 2.02. The zero-order chi connectivity index (χ0) is 20.9. The maximum atomic E-state index is 13.0. The van der Waals surface area contributed by atoms with Gasteiger partial charge in [-0.1, -0.05) is 44.2 Å². The summed E-state index contributed by atoms with van der Waals surface area (Å²) in [5, 5.41) is 2.89. The van der Waals surface area contributed by atoms with E-state index in [-0.39, 0.29) is 24.3 Å². The van der Waals surface area contributed by atoms with Crippen molar-refractivity contribution in [1.82, 2.24) is 15.2 Å². The van der Waals surface area contributed by atoms with Gasteiger partial charge >= 0.3 is 0 Å². The van der Waals surface area contributed by atoms with Crippen molar-refractivity contribution in [2.45, 2.75) is 32.8 Å². The molecule has 1 atom stereocenters. The summed E-state index contributed by atoms with van der Waals surface area (Å²) in [7, 11) is 0. The van der Waals surface area contributed by atoms with Crippen molar-refractivity contribution in [3.05, 3.63) is 54.4 Å². The lowest BCUT2D eigenvalue weighted by Crippen LogP contribution is -2.62. The van der Waals surface area contributed by atoms with E-state index in [0.29, 0.717) is 26.1 Å². The van der Waals surface area contributed by atoms with Gasteiger partial charge in [0.05, 0.1) is 13.2 Å². The molecule has 2 heterocycles. The molecule has 1 aliphatic heterocycles. The van der Waals surface area contributed by atoms with Gasteiger partial charge in [0, 0.05) is 37.8 Å². The third-order valence-electron chi connectivity index (χ3n) is 5.18. The van der Waals surface area contributed by atoms with Crippen molar-refractivity contribution in [3.63, 3.8) is 0 Å². The number of hydrogen-bond acceptors (Lipinski definition) is 4. The third kappa shape index (κ3) is 4.82. The smallest absolute Gasteiger partial charge is 0.254 e. The van der Waals surface area contributed by atoms with Crippen molar-refractivity contribution in [2.24, 2.45) is 5.92 Å². The molecule has 0 bridgehead atoms. The Hall–Kier alpha value is -2.73. The number of aromatic nitrogens is 1. The number of carbonyl (C=O) groups is 2. The first-order valence-corrected chi connectivity index (χ1v) is 10.2. The molecule has 1 fully saturated rings. The Balaban J connectivity index is 1.84. The van der Waals surface area contributed by atoms with Gasteiger partial charge in [-0.2, -0.15) is 0 Å². The Morgan fingerprint density at radius 1 is 1.21 bits per heavy atom. The molecule has 1 aliphatic rings. The number of hydrogen-bond donors (Lipinski definition) is 1. The number of pyridine rings is 1. The Bertz CT molecular complexity index is 836. The second-order valence-corrected chi connectivity index (χ2v) is 7.73. The molecule has 2 aromatic rings. The normalized spacial score (nSPS) is 19.2. The van der Waals surface area contributed by atoms with E-state index in [0.717, 1.165) is 16.7 Å². The number of rotatable bonds is 6. The van der Waals surface area contributed by atoms with E-state index in [9.17, 15) is 9.59 Å². The van der Waals surface area contributed by atoms with Crippen LogP contribution in [0.5, 0.6) is 0 Å². The van der Waals surface area contributed by atoms with Crippen LogP contribution in [0, 0.1) is 5.92 Å². The predicted molar refractivity (Wildman–Crippen MR) is 112 cm³/mol. The summed E-state index contributed by atoms with van der Waals surface area (Å²) in [6.45, 7) is 7.28. The van der Waals surface area contributed by atoms with E-state index in [1.54, 1.807) is 11.1 Å². The van der Waals surface area contributed by atoms with Crippen LogP contribution in [0.3, 0.4) is 0 Å². The second-order valence-electron chi connectivity index (χ2n) is 7.73. The standard InChI is InChI=1S/C23H29N3O3/c1-4-25-22(28)23(16-26(12-13-29-23)21(27)17(2)3)14-18-7-9-19(10-8-18)20-6-5-11-24-15-20/h5-11,15,17H,4,12-14,16H2,1-3H3,(H,25,28). The fraction of sp³-hybridized carbons (Fsp3) is 0.435. The lowest BCUT2D eigenvalue weighted by molar-refractivity contribution is -0.167. The van der Waals surface area contributed by atoms with E-state index in [1.165, 1.54) is 0 Å². The van der Waals surface area contributed by atoms with Gasteiger partial charge in [-0.05, 0) is 29.7 Å². The van der Waals surface area contributed by atoms with E-state index < -0.39 is 5.60 Å². The molecule has 0 radical (unpaired) electrons. The molecule has 0 saturated carbocycles. The van der Waals surface area contributed by atoms with Crippen molar-refractivity contribution in [2.75, 3.05) is 26.2 Å². The molecular weight excluding hydrogens is 366 g/mol. The quantitative estimate of drug-likeness (QED) is 0.816. The molecule has 1 aromatic heterocycles. The van der Waals surface area contributed by atoms with Crippen molar-refractivity contribution in [3.8, 4) is 11.1 Å². The van der Waals surface area contributed by atoms with Crippen LogP contribution in [0.1, 0.15) is 26.3 Å². The number of likely N-dealkylation sites (N-methyl/N-ethyl adjacent to an activating group) is 1. The van der Waals surface area contributed by atoms with Crippen LogP contribution in [-0.4, -0.2) is 53.5 Å². The minimum absolute atomic E-state index is 0.0499. The second kappa shape index (κ2) is 9.18. The SMILES string of the molecule is CCNC(=O)C1(Cc2ccc(-c3cccnc3)cc2)CN(C(=O)C(C)C)CCO1. The maximum absolute atomic E-state index is 13.0. The topological polar surface area (TPSA) is 71.5 Å². The van der Waals surface area contributed by atoms with Gasteiger partial charge in [0.2, 0.25) is 5.91 Å². The molecule has 6 nitrogen and oxygen atoms in total. The van der Waals surface area contributed by atoms with Gasteiger partial charge in [0.25, 0.3) is 5.91 Å². The fourth-order valence-electron chi connectivity index (χ4n) is 3.66. The van der Waals surface area contributed by atoms with Crippen molar-refractivity contribution < 1.29 is 14.3 Å². The number of amides is 2. The van der Waals surface area contributed by atoms with Gasteiger partial charge < -0.3 is 15.0 Å². The molecule has 1 aromatic carbocycles.